The fraction of sp³-hybridized carbons (Fsp3) is 0.765. The number of H-pyrrole nitrogens is 1. The van der Waals surface area contributed by atoms with Crippen LogP contribution in [0.5, 0.6) is 0 Å². The van der Waals surface area contributed by atoms with Crippen molar-refractivity contribution < 1.29 is 9.53 Å². The van der Waals surface area contributed by atoms with E-state index in [4.69, 9.17) is 4.74 Å². The maximum atomic E-state index is 12.1. The van der Waals surface area contributed by atoms with Crippen molar-refractivity contribution in [2.24, 2.45) is 0 Å². The van der Waals surface area contributed by atoms with E-state index in [1.165, 1.54) is 38.5 Å². The lowest BCUT2D eigenvalue weighted by Gasteiger charge is -2.12. The summed E-state index contributed by atoms with van der Waals surface area (Å²) in [7, 11) is 0. The molecule has 0 aliphatic heterocycles. The second-order valence-corrected chi connectivity index (χ2v) is 6.25. The van der Waals surface area contributed by atoms with Gasteiger partial charge in [0.25, 0.3) is 5.91 Å². The van der Waals surface area contributed by atoms with Gasteiger partial charge < -0.3 is 10.1 Å². The van der Waals surface area contributed by atoms with E-state index >= 15 is 0 Å². The highest BCUT2D eigenvalue weighted by molar-refractivity contribution is 5.93. The molecule has 124 valence electrons. The van der Waals surface area contributed by atoms with Crippen LogP contribution >= 0.6 is 0 Å². The average Bonchev–Trinajstić information content (AvgIpc) is 2.81. The summed E-state index contributed by atoms with van der Waals surface area (Å²) in [6.07, 6.45) is 9.27. The second kappa shape index (κ2) is 8.93. The monoisotopic (exact) mass is 307 g/mol. The molecule has 1 aromatic heterocycles. The topological polar surface area (TPSA) is 67.0 Å². The van der Waals surface area contributed by atoms with Gasteiger partial charge in [-0.25, -0.2) is 0 Å². The molecule has 1 amide bonds. The first kappa shape index (κ1) is 17.0. The van der Waals surface area contributed by atoms with Gasteiger partial charge >= 0.3 is 0 Å². The molecule has 1 atom stereocenters. The molecule has 5 heteroatoms. The molecule has 22 heavy (non-hydrogen) atoms. The van der Waals surface area contributed by atoms with Crippen LogP contribution in [0, 0.1) is 0 Å². The highest BCUT2D eigenvalue weighted by Gasteiger charge is 2.19. The van der Waals surface area contributed by atoms with Crippen molar-refractivity contribution in [1.29, 1.82) is 0 Å². The van der Waals surface area contributed by atoms with Crippen molar-refractivity contribution >= 4 is 11.7 Å². The van der Waals surface area contributed by atoms with E-state index in [0.29, 0.717) is 18.3 Å². The highest BCUT2D eigenvalue weighted by Crippen LogP contribution is 2.31. The molecule has 0 aromatic carbocycles. The van der Waals surface area contributed by atoms with Crippen LogP contribution in [0.2, 0.25) is 0 Å². The molecule has 1 saturated carbocycles. The van der Waals surface area contributed by atoms with Gasteiger partial charge in [0.05, 0.1) is 0 Å². The molecule has 0 bridgehead atoms. The van der Waals surface area contributed by atoms with E-state index < -0.39 is 6.10 Å². The van der Waals surface area contributed by atoms with Crippen molar-refractivity contribution in [2.75, 3.05) is 11.9 Å². The van der Waals surface area contributed by atoms with Gasteiger partial charge in [-0.05, 0) is 26.2 Å². The van der Waals surface area contributed by atoms with Gasteiger partial charge in [-0.2, -0.15) is 5.10 Å². The molecule has 1 aromatic rings. The Morgan fingerprint density at radius 1 is 1.41 bits per heavy atom. The molecule has 0 radical (unpaired) electrons. The molecule has 1 unspecified atom stereocenters. The summed E-state index contributed by atoms with van der Waals surface area (Å²) in [6, 6.07) is 1.98. The fourth-order valence-corrected chi connectivity index (χ4v) is 2.91. The van der Waals surface area contributed by atoms with Crippen LogP contribution in [0.4, 0.5) is 5.82 Å². The number of hydrogen-bond acceptors (Lipinski definition) is 3. The Morgan fingerprint density at radius 3 is 2.82 bits per heavy atom. The van der Waals surface area contributed by atoms with Crippen LogP contribution in [0.15, 0.2) is 6.07 Å². The van der Waals surface area contributed by atoms with E-state index in [-0.39, 0.29) is 5.91 Å². The number of nitrogens with one attached hydrogen (secondary N) is 2. The van der Waals surface area contributed by atoms with Crippen molar-refractivity contribution in [3.8, 4) is 0 Å². The van der Waals surface area contributed by atoms with Crippen molar-refractivity contribution in [1.82, 2.24) is 10.2 Å². The number of hydrogen-bond donors (Lipinski definition) is 2. The smallest absolute Gasteiger partial charge is 0.254 e. The number of unbranched alkanes of at least 4 members (excludes halogenated alkanes) is 1. The standard InChI is InChI=1S/C17H29N3O2/c1-3-4-11-22-13(2)17(21)18-16-12-15(19-20-16)14-9-7-5-6-8-10-14/h12-14H,3-11H2,1-2H3,(H2,18,19,20,21). The normalized spacial score (nSPS) is 17.9. The van der Waals surface area contributed by atoms with Gasteiger partial charge in [0, 0.05) is 24.3 Å². The third-order valence-corrected chi connectivity index (χ3v) is 4.38. The number of carbonyl (C=O) groups excluding carboxylic acids is 1. The van der Waals surface area contributed by atoms with Gasteiger partial charge in [0.1, 0.15) is 6.10 Å². The fourth-order valence-electron chi connectivity index (χ4n) is 2.91. The Hall–Kier alpha value is -1.36. The summed E-state index contributed by atoms with van der Waals surface area (Å²) in [6.45, 7) is 4.51. The van der Waals surface area contributed by atoms with Gasteiger partial charge in [-0.3, -0.25) is 9.89 Å². The molecule has 1 fully saturated rings. The Balaban J connectivity index is 1.84. The van der Waals surface area contributed by atoms with Crippen molar-refractivity contribution in [2.45, 2.75) is 77.2 Å². The molecule has 1 aliphatic carbocycles. The summed E-state index contributed by atoms with van der Waals surface area (Å²) in [4.78, 5) is 12.1. The SMILES string of the molecule is CCCCOC(C)C(=O)Nc1cc(C2CCCCCC2)[nH]n1. The predicted octanol–water partition coefficient (Wildman–Crippen LogP) is 3.99. The molecule has 5 nitrogen and oxygen atoms in total. The first-order chi connectivity index (χ1) is 10.7. The predicted molar refractivity (Wildman–Crippen MR) is 88.0 cm³/mol. The van der Waals surface area contributed by atoms with Gasteiger partial charge in [-0.1, -0.05) is 39.0 Å². The van der Waals surface area contributed by atoms with E-state index in [0.717, 1.165) is 18.5 Å². The number of ether oxygens (including phenoxy) is 1. The lowest BCUT2D eigenvalue weighted by Crippen LogP contribution is -2.28. The van der Waals surface area contributed by atoms with E-state index in [9.17, 15) is 4.79 Å². The van der Waals surface area contributed by atoms with E-state index in [1.807, 2.05) is 6.07 Å². The van der Waals surface area contributed by atoms with E-state index in [1.54, 1.807) is 6.92 Å². The average molecular weight is 307 g/mol. The number of rotatable bonds is 7. The summed E-state index contributed by atoms with van der Waals surface area (Å²) in [5.74, 6) is 1.03. The Bertz CT molecular complexity index is 451. The number of amides is 1. The molecule has 1 heterocycles. The maximum absolute atomic E-state index is 12.1. The number of nitrogens with zero attached hydrogens (tertiary/aromatic N) is 1. The molecule has 2 N–H and O–H groups in total. The molecule has 0 saturated heterocycles. The van der Waals surface area contributed by atoms with E-state index in [2.05, 4.69) is 22.4 Å². The largest absolute Gasteiger partial charge is 0.369 e. The maximum Gasteiger partial charge on any atom is 0.254 e. The van der Waals surface area contributed by atoms with Gasteiger partial charge in [0.2, 0.25) is 0 Å². The van der Waals surface area contributed by atoms with Crippen LogP contribution in [-0.4, -0.2) is 28.8 Å². The van der Waals surface area contributed by atoms with Crippen molar-refractivity contribution in [3.63, 3.8) is 0 Å². The summed E-state index contributed by atoms with van der Waals surface area (Å²) in [5, 5.41) is 10.2. The van der Waals surface area contributed by atoms with Crippen LogP contribution in [0.25, 0.3) is 0 Å². The minimum Gasteiger partial charge on any atom is -0.369 e. The molecule has 0 spiro atoms. The van der Waals surface area contributed by atoms with Crippen LogP contribution in [0.3, 0.4) is 0 Å². The second-order valence-electron chi connectivity index (χ2n) is 6.25. The number of aromatic nitrogens is 2. The first-order valence-electron chi connectivity index (χ1n) is 8.68. The van der Waals surface area contributed by atoms with Crippen LogP contribution in [0.1, 0.15) is 76.8 Å². The lowest BCUT2D eigenvalue weighted by molar-refractivity contribution is -0.126. The molecular formula is C17H29N3O2. The zero-order valence-electron chi connectivity index (χ0n) is 13.9. The van der Waals surface area contributed by atoms with Gasteiger partial charge in [-0.15, -0.1) is 0 Å². The molecule has 1 aliphatic rings. The van der Waals surface area contributed by atoms with Crippen LogP contribution in [-0.2, 0) is 9.53 Å². The van der Waals surface area contributed by atoms with Crippen LogP contribution < -0.4 is 5.32 Å². The minimum absolute atomic E-state index is 0.130. The minimum atomic E-state index is -0.440. The lowest BCUT2D eigenvalue weighted by atomic mass is 9.97. The zero-order chi connectivity index (χ0) is 15.8. The third kappa shape index (κ3) is 5.13. The Labute approximate surface area is 133 Å². The Kier molecular flexibility index (Phi) is 6.90. The molecule has 2 rings (SSSR count). The first-order valence-corrected chi connectivity index (χ1v) is 8.68. The number of anilines is 1. The summed E-state index contributed by atoms with van der Waals surface area (Å²) in [5.41, 5.74) is 1.15. The summed E-state index contributed by atoms with van der Waals surface area (Å²) < 4.78 is 5.51. The number of aromatic amines is 1. The molecular weight excluding hydrogens is 278 g/mol. The Morgan fingerprint density at radius 2 is 2.14 bits per heavy atom. The third-order valence-electron chi connectivity index (χ3n) is 4.38. The highest BCUT2D eigenvalue weighted by atomic mass is 16.5. The zero-order valence-corrected chi connectivity index (χ0v) is 13.9. The van der Waals surface area contributed by atoms with Gasteiger partial charge in [0.15, 0.2) is 5.82 Å². The van der Waals surface area contributed by atoms with Crippen molar-refractivity contribution in [3.05, 3.63) is 11.8 Å². The quantitative estimate of drug-likeness (QED) is 0.591. The number of carbonyl (C=O) groups is 1. The summed E-state index contributed by atoms with van der Waals surface area (Å²) >= 11 is 0.